The first-order valence-corrected chi connectivity index (χ1v) is 12.9. The molecular weight excluding hydrogens is 502 g/mol. The van der Waals surface area contributed by atoms with E-state index in [1.807, 2.05) is 11.7 Å². The normalized spacial score (nSPS) is 12.6. The quantitative estimate of drug-likeness (QED) is 0.438. The summed E-state index contributed by atoms with van der Waals surface area (Å²) in [6, 6.07) is 10.5. The third-order valence-electron chi connectivity index (χ3n) is 5.71. The van der Waals surface area contributed by atoms with Crippen molar-refractivity contribution in [3.05, 3.63) is 70.6 Å². The molecule has 2 aromatic heterocycles. The maximum atomic E-state index is 12.5. The highest BCUT2D eigenvalue weighted by Crippen LogP contribution is 2.23. The van der Waals surface area contributed by atoms with Crippen LogP contribution in [-0.2, 0) is 14.9 Å². The molecule has 38 heavy (non-hydrogen) atoms. The number of halogens is 1. The van der Waals surface area contributed by atoms with Crippen LogP contribution in [0.1, 0.15) is 61.5 Å². The number of amides is 1. The largest absolute Gasteiger partial charge is 0.388 e. The van der Waals surface area contributed by atoms with Gasteiger partial charge >= 0.3 is 0 Å². The molecule has 0 radical (unpaired) electrons. The molecule has 1 amide bonds. The average Bonchev–Trinajstić information content (AvgIpc) is 3.40. The van der Waals surface area contributed by atoms with Crippen molar-refractivity contribution >= 4 is 30.0 Å². The number of aromatic nitrogens is 3. The van der Waals surface area contributed by atoms with Gasteiger partial charge in [0.15, 0.2) is 5.82 Å². The van der Waals surface area contributed by atoms with E-state index < -0.39 is 0 Å². The molecule has 4 rings (SSSR count). The van der Waals surface area contributed by atoms with E-state index in [4.69, 9.17) is 16.4 Å². The number of ether oxygens (including phenoxy) is 1. The topological polar surface area (TPSA) is 89.4 Å². The van der Waals surface area contributed by atoms with E-state index in [1.54, 1.807) is 50.6 Å². The lowest BCUT2D eigenvalue weighted by molar-refractivity contribution is -0.0980. The number of hydrogen-bond acceptors (Lipinski definition) is 6. The van der Waals surface area contributed by atoms with Crippen molar-refractivity contribution in [3.63, 3.8) is 0 Å². The number of aryl methyl sites for hydroxylation is 1. The van der Waals surface area contributed by atoms with Crippen molar-refractivity contribution in [2.75, 3.05) is 39.7 Å². The van der Waals surface area contributed by atoms with Gasteiger partial charge in [-0.25, -0.2) is 9.67 Å². The smallest absolute Gasteiger partial charge is 0.257 e. The van der Waals surface area contributed by atoms with Crippen molar-refractivity contribution in [2.24, 2.45) is 0 Å². The van der Waals surface area contributed by atoms with Crippen LogP contribution in [0.25, 0.3) is 5.82 Å². The predicted molar refractivity (Wildman–Crippen MR) is 156 cm³/mol. The van der Waals surface area contributed by atoms with E-state index in [-0.39, 0.29) is 11.3 Å². The highest BCUT2D eigenvalue weighted by atomic mass is 35.5. The summed E-state index contributed by atoms with van der Waals surface area (Å²) in [5.41, 5.74) is 4.36. The van der Waals surface area contributed by atoms with Crippen LogP contribution in [-0.4, -0.2) is 66.7 Å². The molecule has 1 aliphatic rings. The van der Waals surface area contributed by atoms with Crippen LogP contribution < -0.4 is 5.32 Å². The van der Waals surface area contributed by atoms with Crippen LogP contribution >= 0.6 is 11.6 Å². The van der Waals surface area contributed by atoms with Crippen LogP contribution in [0, 0.1) is 6.92 Å². The minimum absolute atomic E-state index is 0.0333. The van der Waals surface area contributed by atoms with Crippen molar-refractivity contribution < 1.29 is 14.3 Å². The summed E-state index contributed by atoms with van der Waals surface area (Å²) in [6.45, 7) is 12.5. The monoisotopic (exact) mass is 543 g/mol. The zero-order valence-corrected chi connectivity index (χ0v) is 24.5. The zero-order chi connectivity index (χ0) is 28.7. The number of anilines is 1. The number of likely N-dealkylation sites (tertiary alicyclic amines) is 1. The molecule has 0 saturated carbocycles. The number of nitrogens with one attached hydrogen (secondary N) is 1. The summed E-state index contributed by atoms with van der Waals surface area (Å²) in [7, 11) is 5.04. The molecule has 8 nitrogen and oxygen atoms in total. The number of hydrogen-bond donors (Lipinski definition) is 1. The van der Waals surface area contributed by atoms with Crippen molar-refractivity contribution in [2.45, 2.75) is 52.4 Å². The molecule has 3 aromatic rings. The number of nitrogens with zero attached hydrogens (tertiary/aromatic N) is 4. The van der Waals surface area contributed by atoms with Crippen molar-refractivity contribution in [1.29, 1.82) is 0 Å². The van der Waals surface area contributed by atoms with Crippen LogP contribution in [0.4, 0.5) is 5.69 Å². The van der Waals surface area contributed by atoms with Gasteiger partial charge in [0.25, 0.3) is 5.91 Å². The standard InChI is InChI=1S/C15H18ClN5O.C11H16.C2H6O.CH2O/c1-17-13-7-12(16)9-18-14(13)21-10-11(8-19-21)15(22)20-5-3-2-4-6-20;1-9-5-7-10(8-6-9)11(2,3)4;1-3-2;1-2/h7-10,17H,2-6H2,1H3;5-8H,1-4H3;1-2H3;1H2. The summed E-state index contributed by atoms with van der Waals surface area (Å²) < 4.78 is 5.85. The average molecular weight is 544 g/mol. The van der Waals surface area contributed by atoms with E-state index in [1.165, 1.54) is 17.5 Å². The minimum atomic E-state index is 0.0333. The maximum Gasteiger partial charge on any atom is 0.257 e. The summed E-state index contributed by atoms with van der Waals surface area (Å²) in [4.78, 5) is 26.6. The fourth-order valence-corrected chi connectivity index (χ4v) is 3.84. The summed E-state index contributed by atoms with van der Waals surface area (Å²) in [5.74, 6) is 0.649. The Morgan fingerprint density at radius 3 is 2.16 bits per heavy atom. The first-order chi connectivity index (χ1) is 18.1. The Labute approximate surface area is 232 Å². The molecular formula is C29H42ClN5O3. The number of carbonyl (C=O) groups is 2. The first-order valence-electron chi connectivity index (χ1n) is 12.5. The second-order valence-electron chi connectivity index (χ2n) is 9.83. The molecule has 1 aliphatic heterocycles. The number of rotatable bonds is 3. The lowest BCUT2D eigenvalue weighted by Crippen LogP contribution is -2.35. The Morgan fingerprint density at radius 2 is 1.63 bits per heavy atom. The van der Waals surface area contributed by atoms with E-state index in [0.29, 0.717) is 16.4 Å². The summed E-state index contributed by atoms with van der Waals surface area (Å²) in [6.07, 6.45) is 8.21. The van der Waals surface area contributed by atoms with Gasteiger partial charge in [-0.1, -0.05) is 62.2 Å². The predicted octanol–water partition coefficient (Wildman–Crippen LogP) is 5.96. The Kier molecular flexibility index (Phi) is 14.3. The lowest BCUT2D eigenvalue weighted by Gasteiger charge is -2.26. The molecule has 208 valence electrons. The number of benzene rings is 1. The van der Waals surface area contributed by atoms with Crippen LogP contribution in [0.3, 0.4) is 0 Å². The summed E-state index contributed by atoms with van der Waals surface area (Å²) in [5, 5.41) is 7.84. The Bertz CT molecular complexity index is 1100. The third-order valence-corrected chi connectivity index (χ3v) is 5.92. The molecule has 0 spiro atoms. The molecule has 0 unspecified atom stereocenters. The molecule has 1 saturated heterocycles. The van der Waals surface area contributed by atoms with Gasteiger partial charge in [-0.2, -0.15) is 5.10 Å². The van der Waals surface area contributed by atoms with Gasteiger partial charge in [0.05, 0.1) is 22.5 Å². The molecule has 1 N–H and O–H groups in total. The minimum Gasteiger partial charge on any atom is -0.388 e. The number of pyridine rings is 1. The Hall–Kier alpha value is -3.23. The van der Waals surface area contributed by atoms with Gasteiger partial charge in [0, 0.05) is 46.8 Å². The van der Waals surface area contributed by atoms with Gasteiger partial charge < -0.3 is 19.7 Å². The number of methoxy groups -OCH3 is 1. The van der Waals surface area contributed by atoms with Gasteiger partial charge in [-0.3, -0.25) is 4.79 Å². The van der Waals surface area contributed by atoms with Gasteiger partial charge in [-0.15, -0.1) is 0 Å². The van der Waals surface area contributed by atoms with E-state index in [2.05, 4.69) is 72.1 Å². The van der Waals surface area contributed by atoms with Gasteiger partial charge in [-0.05, 0) is 43.2 Å². The van der Waals surface area contributed by atoms with E-state index >= 15 is 0 Å². The van der Waals surface area contributed by atoms with Crippen LogP contribution in [0.15, 0.2) is 48.9 Å². The number of carbonyl (C=O) groups excluding carboxylic acids is 2. The molecule has 0 atom stereocenters. The zero-order valence-electron chi connectivity index (χ0n) is 23.8. The molecule has 1 fully saturated rings. The molecule has 9 heteroatoms. The van der Waals surface area contributed by atoms with E-state index in [0.717, 1.165) is 31.6 Å². The maximum absolute atomic E-state index is 12.5. The highest BCUT2D eigenvalue weighted by Gasteiger charge is 2.20. The SMILES string of the molecule is C=O.CNc1cc(Cl)cnc1-n1cc(C(=O)N2CCCCC2)cn1.COC.Cc1ccc(C(C)(C)C)cc1. The second kappa shape index (κ2) is 16.6. The highest BCUT2D eigenvalue weighted by molar-refractivity contribution is 6.30. The fourth-order valence-electron chi connectivity index (χ4n) is 3.68. The Balaban J connectivity index is 0.000000379. The van der Waals surface area contributed by atoms with Crippen LogP contribution in [0.5, 0.6) is 0 Å². The van der Waals surface area contributed by atoms with E-state index in [9.17, 15) is 4.79 Å². The van der Waals surface area contributed by atoms with Crippen molar-refractivity contribution in [3.8, 4) is 5.82 Å². The first kappa shape index (κ1) is 32.8. The fraction of sp³-hybridized carbons (Fsp3) is 0.448. The van der Waals surface area contributed by atoms with Gasteiger partial charge in [0.2, 0.25) is 0 Å². The van der Waals surface area contributed by atoms with Gasteiger partial charge in [0.1, 0.15) is 6.79 Å². The van der Waals surface area contributed by atoms with Crippen LogP contribution in [0.2, 0.25) is 5.02 Å². The third kappa shape index (κ3) is 10.3. The molecule has 0 bridgehead atoms. The number of piperidine rings is 1. The summed E-state index contributed by atoms with van der Waals surface area (Å²) >= 11 is 5.95. The Morgan fingerprint density at radius 1 is 1.05 bits per heavy atom. The lowest BCUT2D eigenvalue weighted by atomic mass is 9.87. The van der Waals surface area contributed by atoms with Crippen molar-refractivity contribution in [1.82, 2.24) is 19.7 Å². The molecule has 1 aromatic carbocycles. The second-order valence-corrected chi connectivity index (χ2v) is 10.3. The molecule has 3 heterocycles. The molecule has 0 aliphatic carbocycles.